The zero-order valence-electron chi connectivity index (χ0n) is 11.8. The number of nitrogens with one attached hydrogen (secondary N) is 1. The van der Waals surface area contributed by atoms with E-state index < -0.39 is 0 Å². The van der Waals surface area contributed by atoms with E-state index >= 15 is 0 Å². The van der Waals surface area contributed by atoms with Crippen molar-refractivity contribution in [3.63, 3.8) is 0 Å². The van der Waals surface area contributed by atoms with Gasteiger partial charge < -0.3 is 14.8 Å². The van der Waals surface area contributed by atoms with Crippen molar-refractivity contribution in [2.24, 2.45) is 0 Å². The fraction of sp³-hybridized carbons (Fsp3) is 0.308. The van der Waals surface area contributed by atoms with Gasteiger partial charge in [0.1, 0.15) is 11.0 Å². The van der Waals surface area contributed by atoms with Gasteiger partial charge in [0, 0.05) is 0 Å². The molecule has 2 rings (SSSR count). The van der Waals surface area contributed by atoms with Crippen LogP contribution >= 0.6 is 23.1 Å². The lowest BCUT2D eigenvalue weighted by Crippen LogP contribution is -2.14. The van der Waals surface area contributed by atoms with Crippen molar-refractivity contribution >= 4 is 39.9 Å². The Balaban J connectivity index is 2.05. The van der Waals surface area contributed by atoms with Gasteiger partial charge in [-0.25, -0.2) is 0 Å². The molecule has 0 aliphatic rings. The maximum absolute atomic E-state index is 11.4. The molecule has 1 heterocycles. The number of para-hydroxylation sites is 2. The van der Waals surface area contributed by atoms with Crippen LogP contribution in [0.3, 0.4) is 0 Å². The van der Waals surface area contributed by atoms with Crippen LogP contribution in [0.5, 0.6) is 5.75 Å². The average Bonchev–Trinajstić information content (AvgIpc) is 2.94. The minimum atomic E-state index is -0.318. The Bertz CT molecular complexity index is 618. The number of anilines is 2. The molecule has 112 valence electrons. The number of nitrogens with zero attached hydrogens (tertiary/aromatic N) is 2. The molecule has 6 nitrogen and oxygen atoms in total. The summed E-state index contributed by atoms with van der Waals surface area (Å²) in [5, 5.41) is 11.6. The van der Waals surface area contributed by atoms with Crippen molar-refractivity contribution in [3.05, 3.63) is 24.3 Å². The maximum Gasteiger partial charge on any atom is 0.318 e. The quantitative estimate of drug-likeness (QED) is 0.646. The van der Waals surface area contributed by atoms with Crippen LogP contribution in [-0.4, -0.2) is 35.6 Å². The molecule has 0 aliphatic heterocycles. The van der Waals surface area contributed by atoms with E-state index in [0.29, 0.717) is 9.47 Å². The van der Waals surface area contributed by atoms with Crippen molar-refractivity contribution in [1.29, 1.82) is 0 Å². The minimum absolute atomic E-state index is 0.283. The third-order valence-corrected chi connectivity index (χ3v) is 4.57. The Labute approximate surface area is 130 Å². The molecule has 1 atom stereocenters. The molecular formula is C13H15N3O3S2. The number of hydrogen-bond donors (Lipinski definition) is 1. The highest BCUT2D eigenvalue weighted by Gasteiger charge is 2.17. The summed E-state index contributed by atoms with van der Waals surface area (Å²) in [7, 11) is 2.98. The van der Waals surface area contributed by atoms with Gasteiger partial charge in [0.25, 0.3) is 0 Å². The molecule has 1 N–H and O–H groups in total. The Kier molecular flexibility index (Phi) is 5.40. The summed E-state index contributed by atoms with van der Waals surface area (Å²) < 4.78 is 10.6. The molecule has 0 fully saturated rings. The first-order valence-corrected chi connectivity index (χ1v) is 7.81. The van der Waals surface area contributed by atoms with Gasteiger partial charge in [-0.3, -0.25) is 4.79 Å². The van der Waals surface area contributed by atoms with Crippen LogP contribution in [0.4, 0.5) is 10.8 Å². The molecule has 0 amide bonds. The van der Waals surface area contributed by atoms with E-state index in [1.807, 2.05) is 24.3 Å². The van der Waals surface area contributed by atoms with Crippen molar-refractivity contribution in [3.8, 4) is 5.75 Å². The summed E-state index contributed by atoms with van der Waals surface area (Å²) in [4.78, 5) is 11.4. The third kappa shape index (κ3) is 4.08. The zero-order valence-corrected chi connectivity index (χ0v) is 13.5. The Hall–Kier alpha value is -1.80. The second-order valence-electron chi connectivity index (χ2n) is 3.98. The molecule has 2 aromatic rings. The van der Waals surface area contributed by atoms with Gasteiger partial charge in [0.05, 0.1) is 19.9 Å². The molecule has 0 saturated heterocycles. The van der Waals surface area contributed by atoms with Crippen LogP contribution in [0.15, 0.2) is 28.6 Å². The predicted octanol–water partition coefficient (Wildman–Crippen LogP) is 2.94. The normalized spacial score (nSPS) is 11.8. The molecule has 0 radical (unpaired) electrons. The van der Waals surface area contributed by atoms with Crippen LogP contribution in [0.25, 0.3) is 0 Å². The number of carbonyl (C=O) groups is 1. The Morgan fingerprint density at radius 1 is 1.33 bits per heavy atom. The largest absolute Gasteiger partial charge is 0.495 e. The molecule has 0 aliphatic carbocycles. The summed E-state index contributed by atoms with van der Waals surface area (Å²) in [6.07, 6.45) is 0. The van der Waals surface area contributed by atoms with Crippen LogP contribution < -0.4 is 10.1 Å². The van der Waals surface area contributed by atoms with E-state index in [9.17, 15) is 4.79 Å². The highest BCUT2D eigenvalue weighted by molar-refractivity contribution is 8.02. The third-order valence-electron chi connectivity index (χ3n) is 2.57. The number of carbonyl (C=O) groups excluding carboxylic acids is 1. The monoisotopic (exact) mass is 325 g/mol. The highest BCUT2D eigenvalue weighted by atomic mass is 32.2. The van der Waals surface area contributed by atoms with Gasteiger partial charge in [-0.2, -0.15) is 0 Å². The fourth-order valence-corrected chi connectivity index (χ4v) is 3.47. The summed E-state index contributed by atoms with van der Waals surface area (Å²) in [5.74, 6) is 0.444. The minimum Gasteiger partial charge on any atom is -0.495 e. The zero-order chi connectivity index (χ0) is 15.2. The topological polar surface area (TPSA) is 73.3 Å². The lowest BCUT2D eigenvalue weighted by molar-refractivity contribution is -0.139. The van der Waals surface area contributed by atoms with E-state index in [-0.39, 0.29) is 11.2 Å². The fourth-order valence-electron chi connectivity index (χ4n) is 1.54. The summed E-state index contributed by atoms with van der Waals surface area (Å²) in [5.41, 5.74) is 0.814. The number of ether oxygens (including phenoxy) is 2. The number of esters is 1. The SMILES string of the molecule is COC(=O)[C@H](C)Sc1nnc(Nc2ccccc2OC)s1. The highest BCUT2D eigenvalue weighted by Crippen LogP contribution is 2.33. The van der Waals surface area contributed by atoms with E-state index in [1.54, 1.807) is 14.0 Å². The van der Waals surface area contributed by atoms with Gasteiger partial charge in [-0.05, 0) is 19.1 Å². The number of aromatic nitrogens is 2. The molecule has 1 aromatic carbocycles. The average molecular weight is 325 g/mol. The molecule has 1 aromatic heterocycles. The molecule has 0 unspecified atom stereocenters. The van der Waals surface area contributed by atoms with Crippen LogP contribution in [0.1, 0.15) is 6.92 Å². The van der Waals surface area contributed by atoms with E-state index in [4.69, 9.17) is 4.74 Å². The molecule has 0 bridgehead atoms. The van der Waals surface area contributed by atoms with E-state index in [2.05, 4.69) is 20.3 Å². The molecule has 0 saturated carbocycles. The smallest absolute Gasteiger partial charge is 0.318 e. The number of hydrogen-bond acceptors (Lipinski definition) is 8. The van der Waals surface area contributed by atoms with Crippen molar-refractivity contribution in [2.75, 3.05) is 19.5 Å². The van der Waals surface area contributed by atoms with Crippen molar-refractivity contribution < 1.29 is 14.3 Å². The van der Waals surface area contributed by atoms with Gasteiger partial charge in [-0.15, -0.1) is 10.2 Å². The Morgan fingerprint density at radius 2 is 2.10 bits per heavy atom. The summed E-state index contributed by atoms with van der Waals surface area (Å²) in [6, 6.07) is 7.55. The van der Waals surface area contributed by atoms with E-state index in [1.165, 1.54) is 30.2 Å². The van der Waals surface area contributed by atoms with Gasteiger partial charge in [-0.1, -0.05) is 35.2 Å². The first-order valence-electron chi connectivity index (χ1n) is 6.12. The standard InChI is InChI=1S/C13H15N3O3S2/c1-8(11(17)19-3)20-13-16-15-12(21-13)14-9-6-4-5-7-10(9)18-2/h4-8H,1-3H3,(H,14,15)/t8-/m0/s1. The van der Waals surface area contributed by atoms with Crippen molar-refractivity contribution in [2.45, 2.75) is 16.5 Å². The number of methoxy groups -OCH3 is 2. The van der Waals surface area contributed by atoms with Gasteiger partial charge in [0.2, 0.25) is 5.13 Å². The van der Waals surface area contributed by atoms with E-state index in [0.717, 1.165) is 11.4 Å². The molecular weight excluding hydrogens is 310 g/mol. The molecule has 8 heteroatoms. The Morgan fingerprint density at radius 3 is 2.81 bits per heavy atom. The number of thioether (sulfide) groups is 1. The lowest BCUT2D eigenvalue weighted by Gasteiger charge is -2.07. The second kappa shape index (κ2) is 7.28. The van der Waals surface area contributed by atoms with Crippen LogP contribution in [0.2, 0.25) is 0 Å². The van der Waals surface area contributed by atoms with Crippen LogP contribution in [-0.2, 0) is 9.53 Å². The maximum atomic E-state index is 11.4. The predicted molar refractivity (Wildman–Crippen MR) is 83.5 cm³/mol. The van der Waals surface area contributed by atoms with Crippen LogP contribution in [0, 0.1) is 0 Å². The first kappa shape index (κ1) is 15.6. The van der Waals surface area contributed by atoms with Gasteiger partial charge >= 0.3 is 5.97 Å². The lowest BCUT2D eigenvalue weighted by atomic mass is 10.3. The number of benzene rings is 1. The number of rotatable bonds is 6. The van der Waals surface area contributed by atoms with Gasteiger partial charge in [0.15, 0.2) is 4.34 Å². The second-order valence-corrected chi connectivity index (χ2v) is 6.55. The summed E-state index contributed by atoms with van der Waals surface area (Å²) in [6.45, 7) is 1.77. The summed E-state index contributed by atoms with van der Waals surface area (Å²) >= 11 is 2.69. The molecule has 0 spiro atoms. The first-order chi connectivity index (χ1) is 10.1. The molecule has 21 heavy (non-hydrogen) atoms. The van der Waals surface area contributed by atoms with Crippen molar-refractivity contribution in [1.82, 2.24) is 10.2 Å².